The van der Waals surface area contributed by atoms with Crippen molar-refractivity contribution in [2.75, 3.05) is 11.9 Å². The number of carbonyl (C=O) groups is 1. The van der Waals surface area contributed by atoms with Gasteiger partial charge in [-0.05, 0) is 82.3 Å². The minimum atomic E-state index is -1.61. The molecular weight excluding hydrogens is 360 g/mol. The van der Waals surface area contributed by atoms with Gasteiger partial charge >= 0.3 is 0 Å². The number of amides is 1. The molecule has 1 heterocycles. The molecular formula is C21H28N2O5. The first-order valence-electron chi connectivity index (χ1n) is 10.1. The molecule has 1 amide bonds. The number of anilines is 1. The fourth-order valence-corrected chi connectivity index (χ4v) is 5.64. The van der Waals surface area contributed by atoms with E-state index < -0.39 is 16.4 Å². The van der Waals surface area contributed by atoms with Gasteiger partial charge in [-0.15, -0.1) is 0 Å². The third-order valence-electron chi connectivity index (χ3n) is 7.06. The summed E-state index contributed by atoms with van der Waals surface area (Å²) in [6.07, 6.45) is 4.55. The van der Waals surface area contributed by atoms with Crippen LogP contribution in [-0.2, 0) is 16.0 Å². The highest BCUT2D eigenvalue weighted by Gasteiger charge is 2.52. The molecule has 7 nitrogen and oxygen atoms in total. The van der Waals surface area contributed by atoms with Gasteiger partial charge in [-0.3, -0.25) is 14.9 Å². The van der Waals surface area contributed by atoms with Gasteiger partial charge in [-0.2, -0.15) is 0 Å². The fraction of sp³-hybridized carbons (Fsp3) is 0.667. The van der Waals surface area contributed by atoms with Crippen LogP contribution in [0.25, 0.3) is 0 Å². The van der Waals surface area contributed by atoms with Crippen molar-refractivity contribution in [3.05, 3.63) is 33.4 Å². The number of benzene rings is 1. The van der Waals surface area contributed by atoms with E-state index in [1.807, 2.05) is 6.07 Å². The number of nitrogens with zero attached hydrogens (tertiary/aromatic N) is 1. The Kier molecular flexibility index (Phi) is 4.50. The molecule has 1 saturated heterocycles. The zero-order valence-electron chi connectivity index (χ0n) is 16.7. The van der Waals surface area contributed by atoms with E-state index in [-0.39, 0.29) is 17.0 Å². The first-order valence-corrected chi connectivity index (χ1v) is 10.1. The molecule has 2 aliphatic carbocycles. The van der Waals surface area contributed by atoms with Gasteiger partial charge in [0.15, 0.2) is 0 Å². The van der Waals surface area contributed by atoms with E-state index in [9.17, 15) is 20.0 Å². The van der Waals surface area contributed by atoms with Crippen molar-refractivity contribution in [1.29, 1.82) is 0 Å². The molecule has 1 aromatic rings. The summed E-state index contributed by atoms with van der Waals surface area (Å²) in [4.78, 5) is 23.7. The van der Waals surface area contributed by atoms with Crippen LogP contribution in [0.2, 0.25) is 0 Å². The van der Waals surface area contributed by atoms with E-state index in [0.29, 0.717) is 24.2 Å². The summed E-state index contributed by atoms with van der Waals surface area (Å²) >= 11 is 0. The summed E-state index contributed by atoms with van der Waals surface area (Å²) in [5, 5.41) is 24.3. The topological polar surface area (TPSA) is 102 Å². The summed E-state index contributed by atoms with van der Waals surface area (Å²) in [6.45, 7) is 5.74. The quantitative estimate of drug-likeness (QED) is 0.609. The number of hydrogen-bond acceptors (Lipinski definition) is 5. The van der Waals surface area contributed by atoms with Gasteiger partial charge in [0.25, 0.3) is 11.6 Å². The molecule has 4 rings (SSSR count). The van der Waals surface area contributed by atoms with Gasteiger partial charge < -0.3 is 15.2 Å². The maximum Gasteiger partial charge on any atom is 0.296 e. The van der Waals surface area contributed by atoms with Crippen molar-refractivity contribution in [3.8, 4) is 0 Å². The SMILES string of the molecule is CC(C)(O)C(=O)Nc1ccc2c(c1[N+](=O)[O-])CCC1C2CC[C@]2(C)OCCC12. The van der Waals surface area contributed by atoms with Crippen LogP contribution in [0.5, 0.6) is 0 Å². The van der Waals surface area contributed by atoms with Gasteiger partial charge in [0.05, 0.1) is 10.5 Å². The Bertz CT molecular complexity index is 831. The molecule has 2 N–H and O–H groups in total. The number of hydrogen-bond donors (Lipinski definition) is 2. The third-order valence-corrected chi connectivity index (χ3v) is 7.06. The molecule has 0 radical (unpaired) electrons. The second-order valence-electron chi connectivity index (χ2n) is 9.20. The Hall–Kier alpha value is -1.99. The molecule has 2 fully saturated rings. The second kappa shape index (κ2) is 6.52. The van der Waals surface area contributed by atoms with Crippen molar-refractivity contribution in [1.82, 2.24) is 0 Å². The first kappa shape index (κ1) is 19.3. The first-order chi connectivity index (χ1) is 13.1. The summed E-state index contributed by atoms with van der Waals surface area (Å²) < 4.78 is 6.06. The van der Waals surface area contributed by atoms with E-state index in [1.54, 1.807) is 6.07 Å². The van der Waals surface area contributed by atoms with Gasteiger partial charge in [0.1, 0.15) is 11.3 Å². The molecule has 1 aromatic carbocycles. The molecule has 0 bridgehead atoms. The Morgan fingerprint density at radius 3 is 2.79 bits per heavy atom. The Balaban J connectivity index is 1.71. The highest BCUT2D eigenvalue weighted by Crippen LogP contribution is 2.57. The Labute approximate surface area is 164 Å². The highest BCUT2D eigenvalue weighted by molar-refractivity contribution is 5.98. The lowest BCUT2D eigenvalue weighted by atomic mass is 9.58. The standard InChI is InChI=1S/C21H28N2O5/c1-20(2,25)19(24)22-17-7-6-12-13-8-10-21(3)16(9-11-28-21)14(13)4-5-15(12)18(17)23(26)27/h6-7,13-14,16,25H,4-5,8-11H2,1-3H3,(H,22,24)/t13?,14?,16?,21-/m0/s1. The smallest absolute Gasteiger partial charge is 0.296 e. The summed E-state index contributed by atoms with van der Waals surface area (Å²) in [6, 6.07) is 3.57. The molecule has 3 unspecified atom stereocenters. The van der Waals surface area contributed by atoms with Gasteiger partial charge in [0.2, 0.25) is 0 Å². The molecule has 0 spiro atoms. The lowest BCUT2D eigenvalue weighted by Gasteiger charge is -2.48. The molecule has 7 heteroatoms. The zero-order chi connectivity index (χ0) is 20.3. The number of rotatable bonds is 3. The molecule has 1 saturated carbocycles. The zero-order valence-corrected chi connectivity index (χ0v) is 16.7. The van der Waals surface area contributed by atoms with E-state index in [1.165, 1.54) is 13.8 Å². The Morgan fingerprint density at radius 1 is 1.36 bits per heavy atom. The lowest BCUT2D eigenvalue weighted by Crippen LogP contribution is -2.44. The molecule has 1 aliphatic heterocycles. The van der Waals surface area contributed by atoms with Crippen molar-refractivity contribution in [2.45, 2.75) is 70.0 Å². The van der Waals surface area contributed by atoms with Crippen LogP contribution in [0, 0.1) is 22.0 Å². The Morgan fingerprint density at radius 2 is 2.11 bits per heavy atom. The van der Waals surface area contributed by atoms with Crippen molar-refractivity contribution >= 4 is 17.3 Å². The summed E-state index contributed by atoms with van der Waals surface area (Å²) in [7, 11) is 0. The lowest BCUT2D eigenvalue weighted by molar-refractivity contribution is -0.384. The number of nitro benzene ring substituents is 1. The third kappa shape index (κ3) is 3.01. The summed E-state index contributed by atoms with van der Waals surface area (Å²) in [5.74, 6) is 0.653. The number of nitro groups is 1. The minimum Gasteiger partial charge on any atom is -0.381 e. The molecule has 152 valence electrons. The largest absolute Gasteiger partial charge is 0.381 e. The second-order valence-corrected chi connectivity index (χ2v) is 9.20. The molecule has 0 aromatic heterocycles. The molecule has 28 heavy (non-hydrogen) atoms. The average molecular weight is 388 g/mol. The monoisotopic (exact) mass is 388 g/mol. The van der Waals surface area contributed by atoms with Crippen LogP contribution in [-0.4, -0.2) is 33.7 Å². The maximum absolute atomic E-state index is 12.2. The van der Waals surface area contributed by atoms with E-state index in [2.05, 4.69) is 12.2 Å². The maximum atomic E-state index is 12.2. The van der Waals surface area contributed by atoms with Gasteiger partial charge in [-0.25, -0.2) is 0 Å². The average Bonchev–Trinajstić information content (AvgIpc) is 3.01. The van der Waals surface area contributed by atoms with Crippen LogP contribution in [0.3, 0.4) is 0 Å². The predicted molar refractivity (Wildman–Crippen MR) is 104 cm³/mol. The normalized spacial score (nSPS) is 31.5. The van der Waals surface area contributed by atoms with Crippen LogP contribution < -0.4 is 5.32 Å². The predicted octanol–water partition coefficient (Wildman–Crippen LogP) is 3.54. The highest BCUT2D eigenvalue weighted by atomic mass is 16.6. The van der Waals surface area contributed by atoms with E-state index in [0.717, 1.165) is 43.4 Å². The molecule has 4 atom stereocenters. The van der Waals surface area contributed by atoms with Crippen molar-refractivity contribution < 1.29 is 19.6 Å². The number of fused-ring (bicyclic) bond motifs is 5. The van der Waals surface area contributed by atoms with E-state index >= 15 is 0 Å². The fourth-order valence-electron chi connectivity index (χ4n) is 5.64. The number of aliphatic hydroxyl groups is 1. The van der Waals surface area contributed by atoms with E-state index in [4.69, 9.17) is 4.74 Å². The van der Waals surface area contributed by atoms with Crippen molar-refractivity contribution in [2.24, 2.45) is 11.8 Å². The van der Waals surface area contributed by atoms with Crippen LogP contribution in [0.15, 0.2) is 12.1 Å². The number of nitrogens with one attached hydrogen (secondary N) is 1. The van der Waals surface area contributed by atoms with Crippen LogP contribution in [0.4, 0.5) is 11.4 Å². The van der Waals surface area contributed by atoms with Crippen LogP contribution >= 0.6 is 0 Å². The summed E-state index contributed by atoms with van der Waals surface area (Å²) in [5.41, 5.74) is 0.278. The van der Waals surface area contributed by atoms with Crippen molar-refractivity contribution in [3.63, 3.8) is 0 Å². The molecule has 3 aliphatic rings. The number of ether oxygens (including phenoxy) is 1. The van der Waals surface area contributed by atoms with Gasteiger partial charge in [-0.1, -0.05) is 6.07 Å². The van der Waals surface area contributed by atoms with Gasteiger partial charge in [0, 0.05) is 12.2 Å². The van der Waals surface area contributed by atoms with Crippen LogP contribution in [0.1, 0.15) is 63.5 Å². The number of carbonyl (C=O) groups excluding carboxylic acids is 1. The minimum absolute atomic E-state index is 0.0236.